The summed E-state index contributed by atoms with van der Waals surface area (Å²) in [4.78, 5) is 13.3. The van der Waals surface area contributed by atoms with Crippen molar-refractivity contribution in [2.24, 2.45) is 0 Å². The van der Waals surface area contributed by atoms with Crippen LogP contribution in [0.2, 0.25) is 0 Å². The van der Waals surface area contributed by atoms with Crippen LogP contribution in [0.5, 0.6) is 5.75 Å². The maximum atomic E-state index is 11.7. The summed E-state index contributed by atoms with van der Waals surface area (Å²) in [6.45, 7) is 1.23. The van der Waals surface area contributed by atoms with Gasteiger partial charge in [-0.1, -0.05) is 12.1 Å². The van der Waals surface area contributed by atoms with Crippen molar-refractivity contribution in [1.82, 2.24) is 19.5 Å². The minimum Gasteiger partial charge on any atom is -0.550 e. The first kappa shape index (κ1) is 31.0. The molecule has 0 radical (unpaired) electrons. The van der Waals surface area contributed by atoms with Crippen LogP contribution in [-0.2, 0) is 21.2 Å². The zero-order valence-corrected chi connectivity index (χ0v) is 26.6. The predicted octanol–water partition coefficient (Wildman–Crippen LogP) is -1.14. The summed E-state index contributed by atoms with van der Waals surface area (Å²) in [5, 5.41) is 20.2. The number of aliphatic carboxylic acids is 1. The van der Waals surface area contributed by atoms with E-state index in [4.69, 9.17) is 29.2 Å². The first-order chi connectivity index (χ1) is 17.6. The molecule has 0 amide bonds. The number of ether oxygens (including phenoxy) is 1. The van der Waals surface area contributed by atoms with Gasteiger partial charge in [-0.3, -0.25) is 14.8 Å². The zero-order chi connectivity index (χ0) is 26.6. The Morgan fingerprint density at radius 2 is 1.92 bits per heavy atom. The van der Waals surface area contributed by atoms with Crippen LogP contribution in [0.1, 0.15) is 18.4 Å². The fraction of sp³-hybridized carbons (Fsp3) is 0.348. The van der Waals surface area contributed by atoms with Gasteiger partial charge in [0.1, 0.15) is 5.75 Å². The molecule has 1 aliphatic rings. The Morgan fingerprint density at radius 1 is 1.18 bits per heavy atom. The molecular weight excluding hydrogens is 576 g/mol. The SMILES string of the molecule is CS(=O)(=O)NC1CCCN(c2cc(OCNc3cccc(-n4c(=S)[nH][nH]c4=S)c3)ccc2CC(=O)[O-])C1.[K+]. The molecule has 0 saturated carbocycles. The number of hydrogen-bond donors (Lipinski definition) is 4. The predicted molar refractivity (Wildman–Crippen MR) is 144 cm³/mol. The summed E-state index contributed by atoms with van der Waals surface area (Å²) in [6, 6.07) is 12.4. The van der Waals surface area contributed by atoms with Crippen molar-refractivity contribution in [3.8, 4) is 11.4 Å². The van der Waals surface area contributed by atoms with E-state index in [0.29, 0.717) is 46.1 Å². The number of nitrogens with zero attached hydrogens (tertiary/aromatic N) is 2. The molecule has 0 bridgehead atoms. The number of rotatable bonds is 10. The second-order valence-electron chi connectivity index (χ2n) is 8.73. The summed E-state index contributed by atoms with van der Waals surface area (Å²) < 4.78 is 34.6. The van der Waals surface area contributed by atoms with E-state index in [-0.39, 0.29) is 70.6 Å². The fourth-order valence-corrected chi connectivity index (χ4v) is 5.68. The number of aromatic amines is 2. The van der Waals surface area contributed by atoms with Crippen LogP contribution < -0.4 is 76.2 Å². The number of piperidine rings is 1. The van der Waals surface area contributed by atoms with Gasteiger partial charge < -0.3 is 24.9 Å². The van der Waals surface area contributed by atoms with Crippen molar-refractivity contribution in [2.75, 3.05) is 36.3 Å². The summed E-state index contributed by atoms with van der Waals surface area (Å²) in [5.41, 5.74) is 2.83. The van der Waals surface area contributed by atoms with Crippen molar-refractivity contribution in [3.63, 3.8) is 0 Å². The van der Waals surface area contributed by atoms with Crippen molar-refractivity contribution >= 4 is 51.8 Å². The topological polar surface area (TPSA) is 147 Å². The van der Waals surface area contributed by atoms with Gasteiger partial charge in [0.25, 0.3) is 0 Å². The number of carboxylic acids is 1. The molecule has 2 aromatic carbocycles. The van der Waals surface area contributed by atoms with E-state index in [1.807, 2.05) is 29.2 Å². The summed E-state index contributed by atoms with van der Waals surface area (Å²) in [7, 11) is -3.36. The molecule has 15 heteroatoms. The van der Waals surface area contributed by atoms with Crippen molar-refractivity contribution in [1.29, 1.82) is 0 Å². The third kappa shape index (κ3) is 8.47. The second-order valence-corrected chi connectivity index (χ2v) is 11.3. The Labute approximate surface area is 273 Å². The van der Waals surface area contributed by atoms with E-state index >= 15 is 0 Å². The molecule has 1 unspecified atom stereocenters. The van der Waals surface area contributed by atoms with E-state index in [0.717, 1.165) is 24.1 Å². The number of aromatic nitrogens is 3. The number of carbonyl (C=O) groups is 1. The van der Waals surface area contributed by atoms with Gasteiger partial charge in [0.15, 0.2) is 16.3 Å². The number of sulfonamides is 1. The Hall–Kier alpha value is -1.56. The first-order valence-corrected chi connectivity index (χ1v) is 14.2. The molecule has 1 atom stereocenters. The largest absolute Gasteiger partial charge is 1.00 e. The van der Waals surface area contributed by atoms with E-state index in [1.54, 1.807) is 22.8 Å². The number of nitrogens with one attached hydrogen (secondary N) is 4. The van der Waals surface area contributed by atoms with Gasteiger partial charge in [-0.2, -0.15) is 0 Å². The van der Waals surface area contributed by atoms with E-state index < -0.39 is 16.0 Å². The molecule has 0 aliphatic carbocycles. The minimum atomic E-state index is -3.36. The quantitative estimate of drug-likeness (QED) is 0.128. The van der Waals surface area contributed by atoms with Gasteiger partial charge >= 0.3 is 51.4 Å². The average molecular weight is 603 g/mol. The molecule has 4 N–H and O–H groups in total. The molecule has 11 nitrogen and oxygen atoms in total. The zero-order valence-electron chi connectivity index (χ0n) is 21.0. The Bertz CT molecular complexity index is 1480. The number of hydrogen-bond acceptors (Lipinski definition) is 9. The average Bonchev–Trinajstić information content (AvgIpc) is 3.16. The summed E-state index contributed by atoms with van der Waals surface area (Å²) >= 11 is 10.5. The van der Waals surface area contributed by atoms with Gasteiger partial charge in [0.2, 0.25) is 10.0 Å². The standard InChI is InChI=1S/C23H28N6O5S3.K/c1-37(32,33)27-17-5-3-9-28(13-17)20-12-19(8-7-15(20)10-21(30)31)34-14-24-16-4-2-6-18(11-16)29-22(35)25-26-23(29)36;/h2,4,6-8,11-12,17,24,27H,3,5,9-10,13-14H2,1H3,(H,25,35)(H,26,36)(H,30,31);/q;+1/p-1. The third-order valence-electron chi connectivity index (χ3n) is 5.84. The van der Waals surface area contributed by atoms with Crippen LogP contribution >= 0.6 is 24.4 Å². The Kier molecular flexibility index (Phi) is 11.1. The maximum Gasteiger partial charge on any atom is 1.00 e. The van der Waals surface area contributed by atoms with E-state index in [9.17, 15) is 18.3 Å². The summed E-state index contributed by atoms with van der Waals surface area (Å²) in [6.07, 6.45) is 2.34. The molecule has 1 aromatic heterocycles. The van der Waals surface area contributed by atoms with Gasteiger partial charge in [-0.25, -0.2) is 13.1 Å². The third-order valence-corrected chi connectivity index (χ3v) is 7.17. The van der Waals surface area contributed by atoms with Crippen LogP contribution in [0.25, 0.3) is 5.69 Å². The number of benzene rings is 2. The summed E-state index contributed by atoms with van der Waals surface area (Å²) in [5.74, 6) is -0.657. The van der Waals surface area contributed by atoms with Gasteiger partial charge in [0, 0.05) is 49.0 Å². The van der Waals surface area contributed by atoms with E-state index in [2.05, 4.69) is 20.2 Å². The monoisotopic (exact) mass is 602 g/mol. The minimum absolute atomic E-state index is 0. The molecule has 1 aliphatic heterocycles. The number of carboxylic acid groups (broad SMARTS) is 1. The van der Waals surface area contributed by atoms with Gasteiger partial charge in [0.05, 0.1) is 11.9 Å². The molecule has 0 spiro atoms. The normalized spacial score (nSPS) is 15.5. The molecule has 4 rings (SSSR count). The first-order valence-electron chi connectivity index (χ1n) is 11.5. The van der Waals surface area contributed by atoms with Crippen LogP contribution in [-0.4, -0.2) is 61.3 Å². The van der Waals surface area contributed by atoms with Gasteiger partial charge in [-0.05, 0) is 67.1 Å². The molecule has 1 saturated heterocycles. The molecular formula is C23H27KN6O5S3. The number of carbonyl (C=O) groups excluding carboxylic acids is 1. The van der Waals surface area contributed by atoms with E-state index in [1.165, 1.54) is 0 Å². The fourth-order valence-electron chi connectivity index (χ4n) is 4.33. The Morgan fingerprint density at radius 3 is 2.61 bits per heavy atom. The molecule has 198 valence electrons. The van der Waals surface area contributed by atoms with Crippen LogP contribution in [0.3, 0.4) is 0 Å². The van der Waals surface area contributed by atoms with Crippen molar-refractivity contribution in [2.45, 2.75) is 25.3 Å². The molecule has 2 heterocycles. The molecule has 3 aromatic rings. The van der Waals surface area contributed by atoms with Crippen molar-refractivity contribution in [3.05, 3.63) is 57.6 Å². The second kappa shape index (κ2) is 13.7. The molecule has 1 fully saturated rings. The van der Waals surface area contributed by atoms with Crippen molar-refractivity contribution < 1.29 is 74.4 Å². The number of H-pyrrole nitrogens is 2. The Balaban J connectivity index is 0.00000400. The molecule has 38 heavy (non-hydrogen) atoms. The number of anilines is 2. The van der Waals surface area contributed by atoms with Crippen LogP contribution in [0, 0.1) is 9.54 Å². The van der Waals surface area contributed by atoms with Crippen LogP contribution in [0.15, 0.2) is 42.5 Å². The maximum absolute atomic E-state index is 11.7. The smallest absolute Gasteiger partial charge is 0.550 e. The van der Waals surface area contributed by atoms with Gasteiger partial charge in [-0.15, -0.1) is 0 Å². The van der Waals surface area contributed by atoms with Crippen LogP contribution in [0.4, 0.5) is 11.4 Å².